The van der Waals surface area contributed by atoms with Crippen LogP contribution in [-0.2, 0) is 11.2 Å². The van der Waals surface area contributed by atoms with Crippen LogP contribution in [0.15, 0.2) is 61.2 Å². The van der Waals surface area contributed by atoms with Crippen LogP contribution >= 0.6 is 0 Å². The van der Waals surface area contributed by atoms with Crippen LogP contribution in [0, 0.1) is 0 Å². The van der Waals surface area contributed by atoms with Gasteiger partial charge >= 0.3 is 0 Å². The van der Waals surface area contributed by atoms with Crippen LogP contribution < -0.4 is 4.90 Å². The number of piperazine rings is 1. The van der Waals surface area contributed by atoms with Gasteiger partial charge in [-0.3, -0.25) is 9.88 Å². The molecule has 6 heteroatoms. The molecule has 0 bridgehead atoms. The molecule has 0 N–H and O–H groups in total. The molecule has 0 atom stereocenters. The lowest BCUT2D eigenvalue weighted by atomic mass is 9.86. The minimum absolute atomic E-state index is 0.101. The van der Waals surface area contributed by atoms with Gasteiger partial charge in [-0.2, -0.15) is 0 Å². The predicted octanol–water partition coefficient (Wildman–Crippen LogP) is 3.62. The number of aromatic nitrogens is 2. The third-order valence-corrected chi connectivity index (χ3v) is 7.07. The first kappa shape index (κ1) is 22.9. The zero-order chi connectivity index (χ0) is 22.2. The molecule has 0 unspecified atom stereocenters. The molecular weight excluding hydrogens is 398 g/mol. The van der Waals surface area contributed by atoms with Crippen molar-refractivity contribution in [3.8, 4) is 0 Å². The highest BCUT2D eigenvalue weighted by Crippen LogP contribution is 2.33. The maximum atomic E-state index is 5.80. The average molecular weight is 436 g/mol. The normalized spacial score (nSPS) is 19.5. The largest absolute Gasteiger partial charge is 0.381 e. The Balaban J connectivity index is 1.43. The Hall–Kier alpha value is -2.28. The van der Waals surface area contributed by atoms with Crippen molar-refractivity contribution in [1.29, 1.82) is 0 Å². The van der Waals surface area contributed by atoms with Crippen LogP contribution in [0.5, 0.6) is 0 Å². The number of hydrogen-bond donors (Lipinski definition) is 0. The second kappa shape index (κ2) is 11.0. The van der Waals surface area contributed by atoms with Crippen LogP contribution in [0.1, 0.15) is 31.7 Å². The number of rotatable bonds is 9. The third kappa shape index (κ3) is 5.55. The number of nitrogens with zero attached hydrogens (tertiary/aromatic N) is 5. The second-order valence-electron chi connectivity index (χ2n) is 8.97. The van der Waals surface area contributed by atoms with Gasteiger partial charge in [0.25, 0.3) is 0 Å². The molecule has 2 fully saturated rings. The smallest absolute Gasteiger partial charge is 0.132 e. The standard InChI is InChI=1S/C26H37N5O/c1-3-23(2)31(25-8-4-5-13-28-25)22-26(10-19-32-20-11-26)30-17-15-29(16-18-30)14-9-24-7-6-12-27-21-24/h4-8,12-13,21H,2-3,9-11,14-20,22H2,1H3. The van der Waals surface area contributed by atoms with Gasteiger partial charge < -0.3 is 14.5 Å². The summed E-state index contributed by atoms with van der Waals surface area (Å²) in [4.78, 5) is 16.6. The van der Waals surface area contributed by atoms with Crippen LogP contribution in [0.25, 0.3) is 0 Å². The van der Waals surface area contributed by atoms with E-state index in [1.807, 2.05) is 30.7 Å². The number of hydrogen-bond acceptors (Lipinski definition) is 6. The Morgan fingerprint density at radius 1 is 1.09 bits per heavy atom. The molecule has 6 nitrogen and oxygen atoms in total. The molecule has 2 aliphatic rings. The molecule has 32 heavy (non-hydrogen) atoms. The number of allylic oxidation sites excluding steroid dienone is 1. The summed E-state index contributed by atoms with van der Waals surface area (Å²) < 4.78 is 5.80. The van der Waals surface area contributed by atoms with Gasteiger partial charge in [-0.15, -0.1) is 0 Å². The van der Waals surface area contributed by atoms with Crippen molar-refractivity contribution in [2.45, 2.75) is 38.1 Å². The predicted molar refractivity (Wildman–Crippen MR) is 130 cm³/mol. The summed E-state index contributed by atoms with van der Waals surface area (Å²) in [7, 11) is 0. The molecule has 4 heterocycles. The van der Waals surface area contributed by atoms with Crippen molar-refractivity contribution in [3.63, 3.8) is 0 Å². The van der Waals surface area contributed by atoms with E-state index in [1.165, 1.54) is 5.56 Å². The molecule has 2 aromatic heterocycles. The van der Waals surface area contributed by atoms with E-state index in [0.29, 0.717) is 0 Å². The van der Waals surface area contributed by atoms with E-state index in [-0.39, 0.29) is 5.54 Å². The van der Waals surface area contributed by atoms with Crippen LogP contribution in [0.3, 0.4) is 0 Å². The van der Waals surface area contributed by atoms with Crippen molar-refractivity contribution < 1.29 is 4.74 Å². The molecule has 0 saturated carbocycles. The average Bonchev–Trinajstić information content (AvgIpc) is 2.87. The first-order valence-corrected chi connectivity index (χ1v) is 12.0. The minimum atomic E-state index is 0.101. The lowest BCUT2D eigenvalue weighted by Crippen LogP contribution is -2.63. The molecule has 2 saturated heterocycles. The van der Waals surface area contributed by atoms with E-state index < -0.39 is 0 Å². The highest BCUT2D eigenvalue weighted by atomic mass is 16.5. The van der Waals surface area contributed by atoms with Gasteiger partial charge in [0.05, 0.1) is 0 Å². The van der Waals surface area contributed by atoms with Gasteiger partial charge in [-0.1, -0.05) is 25.6 Å². The van der Waals surface area contributed by atoms with Crippen molar-refractivity contribution in [3.05, 3.63) is 66.8 Å². The van der Waals surface area contributed by atoms with E-state index in [4.69, 9.17) is 4.74 Å². The quantitative estimate of drug-likeness (QED) is 0.600. The molecular formula is C26H37N5O. The van der Waals surface area contributed by atoms with Crippen molar-refractivity contribution in [2.75, 3.05) is 57.4 Å². The zero-order valence-corrected chi connectivity index (χ0v) is 19.5. The summed E-state index contributed by atoms with van der Waals surface area (Å²) in [6, 6.07) is 10.3. The van der Waals surface area contributed by atoms with Crippen LogP contribution in [0.4, 0.5) is 5.82 Å². The Morgan fingerprint density at radius 2 is 1.91 bits per heavy atom. The maximum Gasteiger partial charge on any atom is 0.132 e. The molecule has 4 rings (SSSR count). The minimum Gasteiger partial charge on any atom is -0.381 e. The lowest BCUT2D eigenvalue weighted by Gasteiger charge is -2.51. The summed E-state index contributed by atoms with van der Waals surface area (Å²) in [6.07, 6.45) is 9.81. The topological polar surface area (TPSA) is 44.7 Å². The van der Waals surface area contributed by atoms with Gasteiger partial charge in [0.2, 0.25) is 0 Å². The van der Waals surface area contributed by atoms with E-state index >= 15 is 0 Å². The van der Waals surface area contributed by atoms with E-state index in [0.717, 1.165) is 89.7 Å². The highest BCUT2D eigenvalue weighted by Gasteiger charge is 2.41. The number of ether oxygens (including phenoxy) is 1. The number of anilines is 1. The van der Waals surface area contributed by atoms with Gasteiger partial charge in [0.1, 0.15) is 5.82 Å². The van der Waals surface area contributed by atoms with Crippen molar-refractivity contribution in [2.24, 2.45) is 0 Å². The van der Waals surface area contributed by atoms with E-state index in [9.17, 15) is 0 Å². The van der Waals surface area contributed by atoms with Crippen LogP contribution in [0.2, 0.25) is 0 Å². The summed E-state index contributed by atoms with van der Waals surface area (Å²) in [5.41, 5.74) is 2.55. The molecule has 2 aromatic rings. The Kier molecular flexibility index (Phi) is 7.90. The van der Waals surface area contributed by atoms with Gasteiger partial charge in [-0.25, -0.2) is 4.98 Å². The zero-order valence-electron chi connectivity index (χ0n) is 19.5. The van der Waals surface area contributed by atoms with Gasteiger partial charge in [0, 0.05) is 82.3 Å². The highest BCUT2D eigenvalue weighted by molar-refractivity contribution is 5.45. The summed E-state index contributed by atoms with van der Waals surface area (Å²) >= 11 is 0. The molecule has 2 aliphatic heterocycles. The summed E-state index contributed by atoms with van der Waals surface area (Å²) in [5, 5.41) is 0. The van der Waals surface area contributed by atoms with E-state index in [2.05, 4.69) is 56.4 Å². The summed E-state index contributed by atoms with van der Waals surface area (Å²) in [5.74, 6) is 1.00. The third-order valence-electron chi connectivity index (χ3n) is 7.07. The molecule has 0 aliphatic carbocycles. The molecule has 0 radical (unpaired) electrons. The Bertz CT molecular complexity index is 830. The molecule has 0 amide bonds. The molecule has 0 spiro atoms. The lowest BCUT2D eigenvalue weighted by molar-refractivity contribution is -0.0427. The van der Waals surface area contributed by atoms with E-state index in [1.54, 1.807) is 0 Å². The van der Waals surface area contributed by atoms with Crippen molar-refractivity contribution in [1.82, 2.24) is 19.8 Å². The fourth-order valence-electron chi connectivity index (χ4n) is 4.96. The van der Waals surface area contributed by atoms with Crippen LogP contribution in [-0.4, -0.2) is 77.8 Å². The molecule has 172 valence electrons. The molecule has 0 aromatic carbocycles. The number of pyridine rings is 2. The fraction of sp³-hybridized carbons (Fsp3) is 0.538. The van der Waals surface area contributed by atoms with Gasteiger partial charge in [0.15, 0.2) is 0 Å². The first-order valence-electron chi connectivity index (χ1n) is 12.0. The van der Waals surface area contributed by atoms with Gasteiger partial charge in [-0.05, 0) is 49.4 Å². The Labute approximate surface area is 192 Å². The maximum absolute atomic E-state index is 5.80. The SMILES string of the molecule is C=C(CC)N(CC1(N2CCN(CCc3cccnc3)CC2)CCOCC1)c1ccccn1. The summed E-state index contributed by atoms with van der Waals surface area (Å²) in [6.45, 7) is 14.7. The fourth-order valence-corrected chi connectivity index (χ4v) is 4.96. The second-order valence-corrected chi connectivity index (χ2v) is 8.97. The Morgan fingerprint density at radius 3 is 2.56 bits per heavy atom. The monoisotopic (exact) mass is 435 g/mol. The van der Waals surface area contributed by atoms with Crippen molar-refractivity contribution >= 4 is 5.82 Å². The first-order chi connectivity index (χ1) is 15.7.